The van der Waals surface area contributed by atoms with Gasteiger partial charge in [-0.15, -0.1) is 0 Å². The molecule has 4 aromatic carbocycles. The summed E-state index contributed by atoms with van der Waals surface area (Å²) in [6.45, 7) is 4.50. The summed E-state index contributed by atoms with van der Waals surface area (Å²) in [6.07, 6.45) is -40.4. The number of carboxylic acid groups (broad SMARTS) is 1. The average Bonchev–Trinajstić information content (AvgIpc) is 0.774. The summed E-state index contributed by atoms with van der Waals surface area (Å²) in [5, 5.41) is 167. The van der Waals surface area contributed by atoms with Crippen LogP contribution in [0.2, 0.25) is 0 Å². The van der Waals surface area contributed by atoms with Crippen molar-refractivity contribution in [1.29, 1.82) is 0 Å². The number of hydrogen-bond donors (Lipinski definition) is 24. The molecule has 0 spiro atoms. The Hall–Kier alpha value is -6.22. The van der Waals surface area contributed by atoms with Crippen LogP contribution in [0.4, 0.5) is 8.78 Å². The second kappa shape index (κ2) is 42.5. The first-order valence-electron chi connectivity index (χ1n) is 38.6. The molecule has 117 heavy (non-hydrogen) atoms. The Labute approximate surface area is 673 Å². The Morgan fingerprint density at radius 1 is 0.453 bits per heavy atom. The van der Waals surface area contributed by atoms with E-state index in [-0.39, 0.29) is 64.7 Å². The van der Waals surface area contributed by atoms with Gasteiger partial charge in [0, 0.05) is 49.1 Å². The summed E-state index contributed by atoms with van der Waals surface area (Å²) in [5.41, 5.74) is 47.5. The van der Waals surface area contributed by atoms with Crippen molar-refractivity contribution in [3.05, 3.63) is 120 Å². The lowest BCUT2D eigenvalue weighted by molar-refractivity contribution is -0.335. The zero-order valence-electron chi connectivity index (χ0n) is 65.0. The molecule has 0 amide bonds. The zero-order chi connectivity index (χ0) is 86.6. The number of hydrogen-bond acceptors (Lipinski definition) is 36. The van der Waals surface area contributed by atoms with Gasteiger partial charge in [0.2, 0.25) is 0 Å². The highest BCUT2D eigenvalue weighted by atomic mass is 19.1. The lowest BCUT2D eigenvalue weighted by Crippen LogP contribution is -2.67. The second-order valence-electron chi connectivity index (χ2n) is 31.4. The topological polar surface area (TPSA) is 683 Å². The number of nitrogens with two attached hydrogens (primary N) is 8. The molecule has 10 rings (SSSR count). The van der Waals surface area contributed by atoms with Gasteiger partial charge in [-0.2, -0.15) is 0 Å². The molecule has 2 saturated carbocycles. The van der Waals surface area contributed by atoms with Crippen molar-refractivity contribution in [2.45, 2.75) is 261 Å². The first-order chi connectivity index (χ1) is 55.2. The summed E-state index contributed by atoms with van der Waals surface area (Å²) >= 11 is 0. The minimum atomic E-state index is -1.80. The van der Waals surface area contributed by atoms with Gasteiger partial charge < -0.3 is 170 Å². The summed E-state index contributed by atoms with van der Waals surface area (Å²) < 4.78 is 81.1. The third-order valence-electron chi connectivity index (χ3n) is 22.5. The van der Waals surface area contributed by atoms with Crippen molar-refractivity contribution >= 4 is 23.5 Å². The van der Waals surface area contributed by atoms with Crippen LogP contribution in [0.5, 0.6) is 0 Å². The number of halogens is 2. The van der Waals surface area contributed by atoms with Gasteiger partial charge in [0.1, 0.15) is 140 Å². The summed E-state index contributed by atoms with van der Waals surface area (Å²) in [6, 6.07) is 22.3. The van der Waals surface area contributed by atoms with Crippen molar-refractivity contribution in [2.24, 2.45) is 57.7 Å². The van der Waals surface area contributed by atoms with Crippen molar-refractivity contribution in [3.63, 3.8) is 0 Å². The van der Waals surface area contributed by atoms with E-state index in [9.17, 15) is 100 Å². The average molecular weight is 1670 g/mol. The van der Waals surface area contributed by atoms with Gasteiger partial charge in [0.25, 0.3) is 0 Å². The van der Waals surface area contributed by atoms with Crippen LogP contribution in [-0.4, -0.2) is 328 Å². The van der Waals surface area contributed by atoms with Crippen LogP contribution in [0.3, 0.4) is 0 Å². The number of ketones is 2. The van der Waals surface area contributed by atoms with E-state index in [0.717, 1.165) is 5.56 Å². The Morgan fingerprint density at radius 2 is 0.803 bits per heavy atom. The van der Waals surface area contributed by atoms with E-state index >= 15 is 4.39 Å². The first kappa shape index (κ1) is 96.2. The fourth-order valence-corrected chi connectivity index (χ4v) is 14.8. The zero-order valence-corrected chi connectivity index (χ0v) is 65.0. The van der Waals surface area contributed by atoms with E-state index in [1.54, 1.807) is 68.4 Å². The van der Waals surface area contributed by atoms with E-state index < -0.39 is 255 Å². The third-order valence-corrected chi connectivity index (χ3v) is 22.5. The standard InChI is InChI=1S/C39H57FN4O14.C23H44N4O13.C16H15FO2/c1-39(2,19-8-9-20(21(40)14-19)17-6-4-3-5-7-17)38(53)54-16-26-28(47)27(44)30(49)36(56-26)57-34-18(13-24(46)23(45)10-11-41)12-22(43)35(33(34)52)58-37-32(51)31(50)29(48)25(15-42)55-37;24-2-1-9(29)10(30)4-7-3-8(26)21(40-23-18(35)17(34)15(32)11(5-25)37-23)19(36)20(7)39-22-16(33)13(27)14(31)12(6-28)38-22;1-16(2,15(18)19)12-8-9-13(14(17)10-12)11-6-4-3-5-7-11/h3-9,14,18,22-23,25-37,45,47-52H,10-13,15-16,41-44H2,1-2H3;7-9,11-23,28-29,31-36H,1-6,24-27H2;3-10H,1-2H3,(H,18,19)/t18-,22-,23-,25+,26+,27-,28+,29+,30+,31-,32+,33+,34-,35+,36+,37+;7-,8-,9-,11+,12+,13-,14+,15+,16+,17-,18+,19+,20-,21+,22+,23+;/m00./s1. The molecule has 6 fully saturated rings. The number of rotatable bonds is 29. The second-order valence-corrected chi connectivity index (χ2v) is 31.4. The molecule has 4 aliphatic heterocycles. The maximum atomic E-state index is 15.2. The fraction of sp³-hybridized carbons (Fsp3) is 0.641. The summed E-state index contributed by atoms with van der Waals surface area (Å²) in [7, 11) is 0. The number of ether oxygens (including phenoxy) is 9. The van der Waals surface area contributed by atoms with Gasteiger partial charge in [-0.3, -0.25) is 19.2 Å². The molecule has 0 radical (unpaired) electrons. The van der Waals surface area contributed by atoms with Gasteiger partial charge >= 0.3 is 11.9 Å². The Kier molecular flexibility index (Phi) is 35.0. The van der Waals surface area contributed by atoms with E-state index in [1.807, 2.05) is 30.3 Å². The van der Waals surface area contributed by atoms with Crippen LogP contribution >= 0.6 is 0 Å². The number of esters is 1. The smallest absolute Gasteiger partial charge is 0.316 e. The molecule has 32 atom stereocenters. The molecule has 39 heteroatoms. The Balaban J connectivity index is 0.000000248. The van der Waals surface area contributed by atoms with Crippen LogP contribution in [0, 0.1) is 23.5 Å². The minimum Gasteiger partial charge on any atom is -0.481 e. The van der Waals surface area contributed by atoms with Gasteiger partial charge in [0.05, 0.1) is 41.7 Å². The number of aliphatic carboxylic acids is 1. The molecule has 0 bridgehead atoms. The van der Waals surface area contributed by atoms with E-state index in [0.29, 0.717) is 27.8 Å². The van der Waals surface area contributed by atoms with E-state index in [2.05, 4.69) is 0 Å². The lowest BCUT2D eigenvalue weighted by atomic mass is 9.76. The van der Waals surface area contributed by atoms with Crippen LogP contribution < -0.4 is 45.9 Å². The van der Waals surface area contributed by atoms with Crippen LogP contribution in [0.15, 0.2) is 97.1 Å². The van der Waals surface area contributed by atoms with Crippen LogP contribution in [0.25, 0.3) is 22.3 Å². The van der Waals surface area contributed by atoms with E-state index in [1.165, 1.54) is 26.0 Å². The Morgan fingerprint density at radius 3 is 1.16 bits per heavy atom. The van der Waals surface area contributed by atoms with Crippen LogP contribution in [-0.2, 0) is 72.6 Å². The van der Waals surface area contributed by atoms with Crippen molar-refractivity contribution in [3.8, 4) is 22.3 Å². The Bertz CT molecular complexity index is 3820. The highest BCUT2D eigenvalue weighted by molar-refractivity contribution is 5.84. The van der Waals surface area contributed by atoms with E-state index in [4.69, 9.17) is 93.6 Å². The van der Waals surface area contributed by atoms with Gasteiger partial charge in [-0.25, -0.2) is 8.78 Å². The predicted molar refractivity (Wildman–Crippen MR) is 406 cm³/mol. The molecule has 2 aliphatic carbocycles. The highest BCUT2D eigenvalue weighted by Crippen LogP contribution is 2.41. The maximum absolute atomic E-state index is 15.2. The number of carbonyl (C=O) groups excluding carboxylic acids is 3. The molecular weight excluding hydrogens is 1550 g/mol. The van der Waals surface area contributed by atoms with Crippen molar-refractivity contribution in [2.75, 3.05) is 39.4 Å². The number of carboxylic acids is 1. The minimum absolute atomic E-state index is 0.000186. The lowest BCUT2D eigenvalue weighted by Gasteiger charge is -2.49. The normalized spacial score (nSPS) is 35.9. The molecule has 0 unspecified atom stereocenters. The number of carbonyl (C=O) groups is 4. The van der Waals surface area contributed by atoms with Gasteiger partial charge in [-0.1, -0.05) is 84.9 Å². The van der Waals surface area contributed by atoms with Gasteiger partial charge in [0.15, 0.2) is 36.7 Å². The molecule has 4 aromatic rings. The number of aliphatic hydroxyl groups is 15. The molecular formula is C78H116F2N8O29. The SMILES string of the molecule is CC(C)(C(=O)O)c1ccc(-c2ccccc2)c(F)c1.CC(C)(C(=O)OC[C@H]1O[C@H](O[C@H]2[C@H](CC(=O)[C@@H](O)CCN)C[C@H](N)[C@@H](O[C@H]3O[C@H](CN)[C@@H](O)[C@H](O)[C@H]3O)[C@@H]2O)[C@H](O)[C@@H](N)[C@@H]1O)c1ccc(-c2ccccc2)c(F)c1.NCC[C@H](O)C(=O)C[C@@H]1C[C@H](N)[C@@H](O[C@H]2O[C@H](CN)[C@@H](O)[C@H](O)[C@H]2O)[C@H](O)[C@H]1O[C@H]1O[C@H](CO)[C@@H](O)[C@H](N)[C@H]1O. The molecule has 0 aromatic heterocycles. The highest BCUT2D eigenvalue weighted by Gasteiger charge is 2.56. The molecule has 32 N–H and O–H groups in total. The van der Waals surface area contributed by atoms with Crippen molar-refractivity contribution in [1.82, 2.24) is 0 Å². The quantitative estimate of drug-likeness (QED) is 0.0225. The van der Waals surface area contributed by atoms with Crippen molar-refractivity contribution < 1.29 is 152 Å². The monoisotopic (exact) mass is 1670 g/mol. The predicted octanol–water partition coefficient (Wildman–Crippen LogP) is -6.48. The number of Topliss-reactive ketones (excluding diaryl/α,β-unsaturated/α-hetero) is 2. The van der Waals surface area contributed by atoms with Crippen LogP contribution in [0.1, 0.15) is 77.3 Å². The molecule has 37 nitrogen and oxygen atoms in total. The summed E-state index contributed by atoms with van der Waals surface area (Å²) in [4.78, 5) is 50.4. The largest absolute Gasteiger partial charge is 0.481 e. The number of aliphatic hydroxyl groups excluding tert-OH is 15. The molecule has 656 valence electrons. The molecule has 4 saturated heterocycles. The fourth-order valence-electron chi connectivity index (χ4n) is 14.8. The van der Waals surface area contributed by atoms with Gasteiger partial charge in [-0.05, 0) is 113 Å². The maximum Gasteiger partial charge on any atom is 0.316 e. The molecule has 6 aliphatic rings. The number of benzene rings is 4. The molecule has 4 heterocycles. The first-order valence-corrected chi connectivity index (χ1v) is 38.6. The summed E-state index contributed by atoms with van der Waals surface area (Å²) in [5.74, 6) is -5.77. The third kappa shape index (κ3) is 22.7.